The Labute approximate surface area is 173 Å². The van der Waals surface area contributed by atoms with E-state index in [9.17, 15) is 0 Å². The number of benzene rings is 1. The number of nitrogens with one attached hydrogen (secondary N) is 2. The van der Waals surface area contributed by atoms with Crippen LogP contribution in [0.5, 0.6) is 5.75 Å². The van der Waals surface area contributed by atoms with Crippen molar-refractivity contribution in [3.63, 3.8) is 0 Å². The second-order valence-corrected chi connectivity index (χ2v) is 6.97. The molecule has 1 atom stereocenters. The lowest BCUT2D eigenvalue weighted by atomic mass is 10.1. The second kappa shape index (κ2) is 11.4. The second-order valence-electron chi connectivity index (χ2n) is 6.97. The van der Waals surface area contributed by atoms with Gasteiger partial charge in [-0.2, -0.15) is 4.98 Å². The van der Waals surface area contributed by atoms with Crippen molar-refractivity contribution in [2.45, 2.75) is 66.8 Å². The smallest absolute Gasteiger partial charge is 0.246 e. The zero-order valence-electron chi connectivity index (χ0n) is 18.3. The zero-order chi connectivity index (χ0) is 21.2. The minimum Gasteiger partial charge on any atom is -0.491 e. The van der Waals surface area contributed by atoms with Crippen molar-refractivity contribution in [2.24, 2.45) is 4.99 Å². The van der Waals surface area contributed by atoms with Crippen LogP contribution in [0.25, 0.3) is 0 Å². The maximum absolute atomic E-state index is 5.94. The van der Waals surface area contributed by atoms with E-state index in [1.54, 1.807) is 0 Å². The molecule has 0 fully saturated rings. The summed E-state index contributed by atoms with van der Waals surface area (Å²) >= 11 is 0. The third-order valence-corrected chi connectivity index (χ3v) is 4.01. The van der Waals surface area contributed by atoms with Gasteiger partial charge in [0.1, 0.15) is 11.9 Å². The third kappa shape index (κ3) is 7.38. The van der Waals surface area contributed by atoms with Crippen molar-refractivity contribution < 1.29 is 14.0 Å². The predicted molar refractivity (Wildman–Crippen MR) is 113 cm³/mol. The predicted octanol–water partition coefficient (Wildman–Crippen LogP) is 3.52. The van der Waals surface area contributed by atoms with Crippen LogP contribution in [0.15, 0.2) is 27.7 Å². The quantitative estimate of drug-likeness (QED) is 0.463. The minimum atomic E-state index is -0.194. The van der Waals surface area contributed by atoms with Crippen LogP contribution in [-0.4, -0.2) is 35.4 Å². The highest BCUT2D eigenvalue weighted by atomic mass is 16.5. The van der Waals surface area contributed by atoms with Crippen LogP contribution in [0.2, 0.25) is 0 Å². The van der Waals surface area contributed by atoms with Gasteiger partial charge in [-0.15, -0.1) is 0 Å². The summed E-state index contributed by atoms with van der Waals surface area (Å²) < 4.78 is 16.7. The SMILES string of the molecule is CCNC(=NCc1ccc(C)cc1OC(C)C)NCc1nc(C(C)OCC)no1. The lowest BCUT2D eigenvalue weighted by Gasteiger charge is -2.15. The van der Waals surface area contributed by atoms with Crippen LogP contribution < -0.4 is 15.4 Å². The molecule has 0 aliphatic heterocycles. The lowest BCUT2D eigenvalue weighted by Crippen LogP contribution is -2.36. The Morgan fingerprint density at radius 1 is 1.21 bits per heavy atom. The van der Waals surface area contributed by atoms with Crippen molar-refractivity contribution in [3.05, 3.63) is 41.0 Å². The molecule has 0 aliphatic rings. The topological polar surface area (TPSA) is 93.8 Å². The number of hydrogen-bond acceptors (Lipinski definition) is 6. The maximum atomic E-state index is 5.94. The highest BCUT2D eigenvalue weighted by Gasteiger charge is 2.14. The van der Waals surface area contributed by atoms with E-state index in [0.717, 1.165) is 23.4 Å². The van der Waals surface area contributed by atoms with Crippen LogP contribution in [-0.2, 0) is 17.8 Å². The van der Waals surface area contributed by atoms with Gasteiger partial charge in [0.2, 0.25) is 5.89 Å². The Balaban J connectivity index is 2.03. The van der Waals surface area contributed by atoms with Crippen LogP contribution >= 0.6 is 0 Å². The Hall–Kier alpha value is -2.61. The van der Waals surface area contributed by atoms with E-state index in [4.69, 9.17) is 14.0 Å². The molecule has 8 heteroatoms. The molecule has 1 heterocycles. The molecule has 1 aromatic carbocycles. The molecule has 0 amide bonds. The van der Waals surface area contributed by atoms with Gasteiger partial charge in [0.05, 0.1) is 19.2 Å². The molecular formula is C21H33N5O3. The molecule has 2 N–H and O–H groups in total. The van der Waals surface area contributed by atoms with Crippen LogP contribution in [0, 0.1) is 6.92 Å². The summed E-state index contributed by atoms with van der Waals surface area (Å²) in [6, 6.07) is 6.17. The lowest BCUT2D eigenvalue weighted by molar-refractivity contribution is 0.0683. The first-order valence-corrected chi connectivity index (χ1v) is 10.1. The molecule has 1 aromatic heterocycles. The van der Waals surface area contributed by atoms with E-state index in [1.165, 1.54) is 0 Å². The first-order chi connectivity index (χ1) is 13.9. The Morgan fingerprint density at radius 3 is 2.69 bits per heavy atom. The number of rotatable bonds is 10. The maximum Gasteiger partial charge on any atom is 0.246 e. The molecule has 29 heavy (non-hydrogen) atoms. The summed E-state index contributed by atoms with van der Waals surface area (Å²) in [5.74, 6) is 2.56. The molecule has 0 saturated carbocycles. The number of aromatic nitrogens is 2. The number of ether oxygens (including phenoxy) is 2. The van der Waals surface area contributed by atoms with Crippen molar-refractivity contribution in [3.8, 4) is 5.75 Å². The van der Waals surface area contributed by atoms with Crippen molar-refractivity contribution in [1.29, 1.82) is 0 Å². The van der Waals surface area contributed by atoms with E-state index in [-0.39, 0.29) is 12.2 Å². The monoisotopic (exact) mass is 403 g/mol. The third-order valence-electron chi connectivity index (χ3n) is 4.01. The molecule has 160 valence electrons. The van der Waals surface area contributed by atoms with Crippen molar-refractivity contribution >= 4 is 5.96 Å². The van der Waals surface area contributed by atoms with Crippen molar-refractivity contribution in [1.82, 2.24) is 20.8 Å². The van der Waals surface area contributed by atoms with Gasteiger partial charge >= 0.3 is 0 Å². The van der Waals surface area contributed by atoms with Gasteiger partial charge in [0.25, 0.3) is 0 Å². The molecule has 0 aliphatic carbocycles. The number of hydrogen-bond donors (Lipinski definition) is 2. The zero-order valence-corrected chi connectivity index (χ0v) is 18.3. The van der Waals surface area contributed by atoms with E-state index < -0.39 is 0 Å². The Bertz CT molecular complexity index is 788. The Kier molecular flexibility index (Phi) is 8.92. The average molecular weight is 404 g/mol. The molecular weight excluding hydrogens is 370 g/mol. The summed E-state index contributed by atoms with van der Waals surface area (Å²) in [7, 11) is 0. The average Bonchev–Trinajstić information content (AvgIpc) is 3.14. The van der Waals surface area contributed by atoms with E-state index >= 15 is 0 Å². The summed E-state index contributed by atoms with van der Waals surface area (Å²) in [5.41, 5.74) is 2.19. The van der Waals surface area contributed by atoms with Crippen molar-refractivity contribution in [2.75, 3.05) is 13.2 Å². The summed E-state index contributed by atoms with van der Waals surface area (Å²) in [4.78, 5) is 9.04. The molecule has 1 unspecified atom stereocenters. The first-order valence-electron chi connectivity index (χ1n) is 10.1. The summed E-state index contributed by atoms with van der Waals surface area (Å²) in [6.07, 6.45) is -0.0861. The molecule has 0 spiro atoms. The van der Waals surface area contributed by atoms with Gasteiger partial charge in [-0.05, 0) is 53.2 Å². The molecule has 0 radical (unpaired) electrons. The van der Waals surface area contributed by atoms with Gasteiger partial charge in [0.15, 0.2) is 11.8 Å². The molecule has 0 saturated heterocycles. The van der Waals surface area contributed by atoms with E-state index in [0.29, 0.717) is 37.4 Å². The van der Waals surface area contributed by atoms with Gasteiger partial charge in [0, 0.05) is 18.7 Å². The van der Waals surface area contributed by atoms with Crippen LogP contribution in [0.1, 0.15) is 63.6 Å². The standard InChI is InChI=1S/C21H33N5O3/c1-7-22-21(24-13-19-25-20(26-29-19)16(6)27-8-2)23-12-17-10-9-15(5)11-18(17)28-14(3)4/h9-11,14,16H,7-8,12-13H2,1-6H3,(H2,22,23,24). The van der Waals surface area contributed by atoms with Gasteiger partial charge < -0.3 is 24.6 Å². The van der Waals surface area contributed by atoms with Gasteiger partial charge in [-0.1, -0.05) is 17.3 Å². The number of aliphatic imine (C=N–C) groups is 1. The molecule has 2 rings (SSSR count). The fourth-order valence-electron chi connectivity index (χ4n) is 2.65. The number of guanidine groups is 1. The van der Waals surface area contributed by atoms with Crippen LogP contribution in [0.4, 0.5) is 0 Å². The van der Waals surface area contributed by atoms with E-state index in [2.05, 4.69) is 44.8 Å². The largest absolute Gasteiger partial charge is 0.491 e. The number of nitrogens with zero attached hydrogens (tertiary/aromatic N) is 3. The molecule has 8 nitrogen and oxygen atoms in total. The Morgan fingerprint density at radius 2 is 2.00 bits per heavy atom. The first kappa shape index (κ1) is 22.7. The fraction of sp³-hybridized carbons (Fsp3) is 0.571. The number of aryl methyl sites for hydroxylation is 1. The molecule has 2 aromatic rings. The highest BCUT2D eigenvalue weighted by Crippen LogP contribution is 2.22. The highest BCUT2D eigenvalue weighted by molar-refractivity contribution is 5.79. The van der Waals surface area contributed by atoms with E-state index in [1.807, 2.05) is 40.7 Å². The minimum absolute atomic E-state index is 0.108. The fourth-order valence-corrected chi connectivity index (χ4v) is 2.65. The normalized spacial score (nSPS) is 12.9. The van der Waals surface area contributed by atoms with Gasteiger partial charge in [-0.3, -0.25) is 0 Å². The summed E-state index contributed by atoms with van der Waals surface area (Å²) in [5, 5.41) is 10.4. The van der Waals surface area contributed by atoms with Crippen LogP contribution in [0.3, 0.4) is 0 Å². The molecule has 0 bridgehead atoms. The van der Waals surface area contributed by atoms with Gasteiger partial charge in [-0.25, -0.2) is 4.99 Å². The summed E-state index contributed by atoms with van der Waals surface area (Å²) in [6.45, 7) is 14.2.